The van der Waals surface area contributed by atoms with E-state index in [4.69, 9.17) is 9.47 Å². The smallest absolute Gasteiger partial charge is 0.220 e. The first-order valence-corrected chi connectivity index (χ1v) is 8.12. The third-order valence-electron chi connectivity index (χ3n) is 4.38. The van der Waals surface area contributed by atoms with Crippen LogP contribution in [0.25, 0.3) is 0 Å². The Kier molecular flexibility index (Phi) is 4.83. The van der Waals surface area contributed by atoms with Crippen molar-refractivity contribution in [1.82, 2.24) is 10.6 Å². The topological polar surface area (TPSA) is 59.6 Å². The van der Waals surface area contributed by atoms with Crippen molar-refractivity contribution in [3.8, 4) is 11.5 Å². The van der Waals surface area contributed by atoms with Gasteiger partial charge in [-0.2, -0.15) is 0 Å². The molecule has 1 amide bonds. The largest absolute Gasteiger partial charge is 0.486 e. The summed E-state index contributed by atoms with van der Waals surface area (Å²) in [5.41, 5.74) is 1.04. The maximum Gasteiger partial charge on any atom is 0.220 e. The lowest BCUT2D eigenvalue weighted by Crippen LogP contribution is -2.33. The number of ether oxygens (including phenoxy) is 2. The molecule has 0 saturated carbocycles. The molecule has 0 aliphatic carbocycles. The van der Waals surface area contributed by atoms with E-state index in [0.717, 1.165) is 43.0 Å². The molecule has 0 radical (unpaired) electrons. The summed E-state index contributed by atoms with van der Waals surface area (Å²) in [4.78, 5) is 12.2. The SMILES string of the molecule is CC(NC(=O)CC1CCNCC1)c1ccc2c(c1)OCCO2. The molecule has 0 spiro atoms. The predicted molar refractivity (Wildman–Crippen MR) is 84.2 cm³/mol. The summed E-state index contributed by atoms with van der Waals surface area (Å²) in [7, 11) is 0. The zero-order chi connectivity index (χ0) is 15.4. The number of piperidine rings is 1. The standard InChI is InChI=1S/C17H24N2O3/c1-12(19-17(20)10-13-4-6-18-7-5-13)14-2-3-15-16(11-14)22-9-8-21-15/h2-3,11-13,18H,4-10H2,1H3,(H,19,20). The number of benzene rings is 1. The normalized spacial score (nSPS) is 19.5. The van der Waals surface area contributed by atoms with Crippen LogP contribution in [-0.4, -0.2) is 32.2 Å². The summed E-state index contributed by atoms with van der Waals surface area (Å²) in [5, 5.41) is 6.42. The van der Waals surface area contributed by atoms with Crippen LogP contribution in [0.2, 0.25) is 0 Å². The van der Waals surface area contributed by atoms with Gasteiger partial charge in [-0.05, 0) is 56.5 Å². The average Bonchev–Trinajstić information content (AvgIpc) is 2.55. The summed E-state index contributed by atoms with van der Waals surface area (Å²) in [6, 6.07) is 5.84. The fourth-order valence-electron chi connectivity index (χ4n) is 3.06. The van der Waals surface area contributed by atoms with Crippen molar-refractivity contribution in [2.75, 3.05) is 26.3 Å². The molecule has 1 saturated heterocycles. The summed E-state index contributed by atoms with van der Waals surface area (Å²) in [6.45, 7) is 5.22. The second-order valence-corrected chi connectivity index (χ2v) is 6.09. The molecule has 2 aliphatic rings. The Bertz CT molecular complexity index is 527. The van der Waals surface area contributed by atoms with Crippen LogP contribution in [0.15, 0.2) is 18.2 Å². The van der Waals surface area contributed by atoms with Crippen molar-refractivity contribution in [1.29, 1.82) is 0 Å². The third-order valence-corrected chi connectivity index (χ3v) is 4.38. The number of amides is 1. The van der Waals surface area contributed by atoms with Gasteiger partial charge in [-0.3, -0.25) is 4.79 Å². The predicted octanol–water partition coefficient (Wildman–Crippen LogP) is 2.02. The van der Waals surface area contributed by atoms with E-state index in [0.29, 0.717) is 25.6 Å². The van der Waals surface area contributed by atoms with E-state index in [1.165, 1.54) is 0 Å². The van der Waals surface area contributed by atoms with Crippen LogP contribution in [0, 0.1) is 5.92 Å². The van der Waals surface area contributed by atoms with Gasteiger partial charge in [0.1, 0.15) is 13.2 Å². The van der Waals surface area contributed by atoms with Gasteiger partial charge in [-0.25, -0.2) is 0 Å². The summed E-state index contributed by atoms with van der Waals surface area (Å²) in [5.74, 6) is 2.19. The third kappa shape index (κ3) is 3.71. The van der Waals surface area contributed by atoms with Crippen molar-refractivity contribution in [3.63, 3.8) is 0 Å². The molecule has 22 heavy (non-hydrogen) atoms. The van der Waals surface area contributed by atoms with E-state index in [1.807, 2.05) is 25.1 Å². The zero-order valence-corrected chi connectivity index (χ0v) is 13.1. The molecule has 1 fully saturated rings. The van der Waals surface area contributed by atoms with Gasteiger partial charge < -0.3 is 20.1 Å². The van der Waals surface area contributed by atoms with Gasteiger partial charge in [0.05, 0.1) is 6.04 Å². The van der Waals surface area contributed by atoms with E-state index in [1.54, 1.807) is 0 Å². The second-order valence-electron chi connectivity index (χ2n) is 6.09. The van der Waals surface area contributed by atoms with Gasteiger partial charge in [-0.15, -0.1) is 0 Å². The molecule has 2 N–H and O–H groups in total. The van der Waals surface area contributed by atoms with Crippen LogP contribution < -0.4 is 20.1 Å². The second kappa shape index (κ2) is 7.01. The highest BCUT2D eigenvalue weighted by molar-refractivity contribution is 5.76. The number of hydrogen-bond acceptors (Lipinski definition) is 4. The lowest BCUT2D eigenvalue weighted by molar-refractivity contribution is -0.122. The molecule has 2 heterocycles. The van der Waals surface area contributed by atoms with Crippen LogP contribution in [0.1, 0.15) is 37.8 Å². The minimum Gasteiger partial charge on any atom is -0.486 e. The Morgan fingerprint density at radius 2 is 2.00 bits per heavy atom. The lowest BCUT2D eigenvalue weighted by Gasteiger charge is -2.24. The maximum atomic E-state index is 12.2. The highest BCUT2D eigenvalue weighted by Gasteiger charge is 2.19. The Hall–Kier alpha value is -1.75. The molecule has 3 rings (SSSR count). The molecule has 0 aromatic heterocycles. The minimum absolute atomic E-state index is 0.0231. The van der Waals surface area contributed by atoms with Gasteiger partial charge in [0, 0.05) is 6.42 Å². The first-order chi connectivity index (χ1) is 10.7. The molecular weight excluding hydrogens is 280 g/mol. The quantitative estimate of drug-likeness (QED) is 0.893. The van der Waals surface area contributed by atoms with Crippen molar-refractivity contribution in [3.05, 3.63) is 23.8 Å². The molecule has 1 unspecified atom stereocenters. The first kappa shape index (κ1) is 15.2. The molecule has 1 aromatic carbocycles. The molecule has 1 aromatic rings. The Morgan fingerprint density at radius 1 is 1.27 bits per heavy atom. The fraction of sp³-hybridized carbons (Fsp3) is 0.588. The molecule has 120 valence electrons. The van der Waals surface area contributed by atoms with E-state index in [-0.39, 0.29) is 11.9 Å². The monoisotopic (exact) mass is 304 g/mol. The summed E-state index contributed by atoms with van der Waals surface area (Å²) in [6.07, 6.45) is 2.80. The zero-order valence-electron chi connectivity index (χ0n) is 13.1. The van der Waals surface area contributed by atoms with Gasteiger partial charge in [0.25, 0.3) is 0 Å². The summed E-state index contributed by atoms with van der Waals surface area (Å²) >= 11 is 0. The van der Waals surface area contributed by atoms with E-state index in [2.05, 4.69) is 10.6 Å². The average molecular weight is 304 g/mol. The van der Waals surface area contributed by atoms with Crippen LogP contribution in [0.3, 0.4) is 0 Å². The van der Waals surface area contributed by atoms with Crippen molar-refractivity contribution < 1.29 is 14.3 Å². The van der Waals surface area contributed by atoms with E-state index >= 15 is 0 Å². The molecule has 1 atom stereocenters. The van der Waals surface area contributed by atoms with Crippen LogP contribution in [0.5, 0.6) is 11.5 Å². The molecule has 5 heteroatoms. The van der Waals surface area contributed by atoms with E-state index in [9.17, 15) is 4.79 Å². The molecule has 0 bridgehead atoms. The van der Waals surface area contributed by atoms with Crippen LogP contribution >= 0.6 is 0 Å². The van der Waals surface area contributed by atoms with Gasteiger partial charge in [0.15, 0.2) is 11.5 Å². The van der Waals surface area contributed by atoms with Gasteiger partial charge in [-0.1, -0.05) is 6.07 Å². The molecular formula is C17H24N2O3. The number of carbonyl (C=O) groups is 1. The fourth-order valence-corrected chi connectivity index (χ4v) is 3.06. The Morgan fingerprint density at radius 3 is 2.77 bits per heavy atom. The highest BCUT2D eigenvalue weighted by Crippen LogP contribution is 2.32. The number of hydrogen-bond donors (Lipinski definition) is 2. The van der Waals surface area contributed by atoms with Crippen molar-refractivity contribution in [2.45, 2.75) is 32.2 Å². The number of carbonyl (C=O) groups excluding carboxylic acids is 1. The van der Waals surface area contributed by atoms with Crippen LogP contribution in [-0.2, 0) is 4.79 Å². The lowest BCUT2D eigenvalue weighted by atomic mass is 9.94. The molecule has 5 nitrogen and oxygen atoms in total. The van der Waals surface area contributed by atoms with Crippen molar-refractivity contribution >= 4 is 5.91 Å². The van der Waals surface area contributed by atoms with Gasteiger partial charge in [0.2, 0.25) is 5.91 Å². The summed E-state index contributed by atoms with van der Waals surface area (Å²) < 4.78 is 11.1. The maximum absolute atomic E-state index is 12.2. The number of rotatable bonds is 4. The minimum atomic E-state index is -0.0231. The van der Waals surface area contributed by atoms with E-state index < -0.39 is 0 Å². The van der Waals surface area contributed by atoms with Crippen LogP contribution in [0.4, 0.5) is 0 Å². The Balaban J connectivity index is 1.56. The van der Waals surface area contributed by atoms with Crippen molar-refractivity contribution in [2.24, 2.45) is 5.92 Å². The number of nitrogens with one attached hydrogen (secondary N) is 2. The molecule has 2 aliphatic heterocycles. The number of fused-ring (bicyclic) bond motifs is 1. The highest BCUT2D eigenvalue weighted by atomic mass is 16.6. The van der Waals surface area contributed by atoms with Gasteiger partial charge >= 0.3 is 0 Å². The Labute approximate surface area is 131 Å². The first-order valence-electron chi connectivity index (χ1n) is 8.12.